The Hall–Kier alpha value is -3.00. The van der Waals surface area contributed by atoms with E-state index in [-0.39, 0.29) is 18.3 Å². The van der Waals surface area contributed by atoms with Crippen molar-refractivity contribution in [3.05, 3.63) is 71.8 Å². The largest absolute Gasteiger partial charge is 0.480 e. The number of thioether (sulfide) groups is 1. The summed E-state index contributed by atoms with van der Waals surface area (Å²) >= 11 is 1.47. The number of ether oxygens (including phenoxy) is 1. The summed E-state index contributed by atoms with van der Waals surface area (Å²) in [6.45, 7) is 3.84. The van der Waals surface area contributed by atoms with Crippen LogP contribution in [0.1, 0.15) is 31.4 Å². The Kier molecular flexibility index (Phi) is 10.6. The van der Waals surface area contributed by atoms with Crippen LogP contribution in [0.2, 0.25) is 0 Å². The second kappa shape index (κ2) is 13.4. The van der Waals surface area contributed by atoms with Gasteiger partial charge in [0, 0.05) is 11.5 Å². The molecule has 8 heteroatoms. The number of amides is 2. The first-order chi connectivity index (χ1) is 15.3. The number of hydrogen-bond donors (Lipinski definition) is 3. The van der Waals surface area contributed by atoms with Gasteiger partial charge in [-0.2, -0.15) is 11.8 Å². The molecule has 0 bridgehead atoms. The molecule has 0 unspecified atom stereocenters. The highest BCUT2D eigenvalue weighted by molar-refractivity contribution is 7.98. The van der Waals surface area contributed by atoms with Crippen LogP contribution in [-0.4, -0.2) is 40.9 Å². The number of benzene rings is 2. The molecule has 0 radical (unpaired) electrons. The topological polar surface area (TPSA) is 105 Å². The van der Waals surface area contributed by atoms with Crippen molar-refractivity contribution in [2.24, 2.45) is 5.92 Å². The molecule has 0 saturated carbocycles. The van der Waals surface area contributed by atoms with Gasteiger partial charge in [-0.15, -0.1) is 0 Å². The molecule has 0 spiro atoms. The molecule has 2 aromatic carbocycles. The van der Waals surface area contributed by atoms with E-state index in [0.717, 1.165) is 11.1 Å². The molecule has 2 atom stereocenters. The fourth-order valence-corrected chi connectivity index (χ4v) is 3.94. The highest BCUT2D eigenvalue weighted by atomic mass is 32.2. The zero-order chi connectivity index (χ0) is 23.3. The minimum atomic E-state index is -1.10. The molecule has 2 amide bonds. The van der Waals surface area contributed by atoms with Crippen LogP contribution >= 0.6 is 11.8 Å². The number of rotatable bonds is 12. The van der Waals surface area contributed by atoms with Crippen LogP contribution in [-0.2, 0) is 26.7 Å². The number of carbonyl (C=O) groups is 3. The minimum Gasteiger partial charge on any atom is -0.480 e. The van der Waals surface area contributed by atoms with Gasteiger partial charge in [-0.05, 0) is 23.5 Å². The smallest absolute Gasteiger partial charge is 0.408 e. The lowest BCUT2D eigenvalue weighted by Gasteiger charge is -2.22. The molecule has 0 saturated heterocycles. The van der Waals surface area contributed by atoms with Gasteiger partial charge in [-0.1, -0.05) is 74.5 Å². The van der Waals surface area contributed by atoms with Gasteiger partial charge in [-0.3, -0.25) is 4.79 Å². The van der Waals surface area contributed by atoms with Crippen LogP contribution in [0.4, 0.5) is 4.79 Å². The van der Waals surface area contributed by atoms with E-state index < -0.39 is 30.1 Å². The van der Waals surface area contributed by atoms with E-state index in [1.807, 2.05) is 74.5 Å². The molecule has 172 valence electrons. The summed E-state index contributed by atoms with van der Waals surface area (Å²) in [5.74, 6) is -0.634. The minimum absolute atomic E-state index is 0.0727. The van der Waals surface area contributed by atoms with Crippen LogP contribution in [0.3, 0.4) is 0 Å². The van der Waals surface area contributed by atoms with Crippen LogP contribution in [0.25, 0.3) is 0 Å². The highest BCUT2D eigenvalue weighted by Gasteiger charge is 2.27. The van der Waals surface area contributed by atoms with Crippen molar-refractivity contribution in [2.75, 3.05) is 5.75 Å². The Labute approximate surface area is 192 Å². The van der Waals surface area contributed by atoms with E-state index in [4.69, 9.17) is 4.74 Å². The number of carbonyl (C=O) groups excluding carboxylic acids is 2. The van der Waals surface area contributed by atoms with Gasteiger partial charge in [0.25, 0.3) is 0 Å². The Morgan fingerprint density at radius 1 is 0.906 bits per heavy atom. The summed E-state index contributed by atoms with van der Waals surface area (Å²) in [5, 5.41) is 14.6. The van der Waals surface area contributed by atoms with E-state index in [0.29, 0.717) is 12.2 Å². The molecular formula is C24H30N2O5S. The molecular weight excluding hydrogens is 428 g/mol. The number of carboxylic acids is 1. The van der Waals surface area contributed by atoms with Gasteiger partial charge < -0.3 is 20.5 Å². The second-order valence-corrected chi connectivity index (χ2v) is 8.82. The van der Waals surface area contributed by atoms with Crippen molar-refractivity contribution in [3.63, 3.8) is 0 Å². The molecule has 0 aliphatic rings. The quantitative estimate of drug-likeness (QED) is 0.447. The number of aliphatic carboxylic acids is 1. The molecule has 0 heterocycles. The normalized spacial score (nSPS) is 12.6. The number of carboxylic acid groups (broad SMARTS) is 1. The van der Waals surface area contributed by atoms with E-state index in [9.17, 15) is 19.5 Å². The Bertz CT molecular complexity index is 861. The number of hydrogen-bond acceptors (Lipinski definition) is 5. The van der Waals surface area contributed by atoms with Crippen LogP contribution in [0.5, 0.6) is 0 Å². The monoisotopic (exact) mass is 458 g/mol. The maximum atomic E-state index is 12.8. The van der Waals surface area contributed by atoms with E-state index in [2.05, 4.69) is 10.6 Å². The highest BCUT2D eigenvalue weighted by Crippen LogP contribution is 2.14. The van der Waals surface area contributed by atoms with Gasteiger partial charge >= 0.3 is 12.1 Å². The molecule has 2 aromatic rings. The average Bonchev–Trinajstić information content (AvgIpc) is 2.77. The van der Waals surface area contributed by atoms with Gasteiger partial charge in [0.15, 0.2) is 0 Å². The maximum Gasteiger partial charge on any atom is 0.408 e. The average molecular weight is 459 g/mol. The van der Waals surface area contributed by atoms with Crippen molar-refractivity contribution in [1.82, 2.24) is 10.6 Å². The van der Waals surface area contributed by atoms with Crippen molar-refractivity contribution in [3.8, 4) is 0 Å². The third-order valence-corrected chi connectivity index (χ3v) is 5.65. The Balaban J connectivity index is 1.98. The second-order valence-electron chi connectivity index (χ2n) is 7.79. The summed E-state index contributed by atoms with van der Waals surface area (Å²) in [7, 11) is 0. The number of nitrogens with one attached hydrogen (secondary N) is 2. The molecule has 3 N–H and O–H groups in total. The van der Waals surface area contributed by atoms with Crippen molar-refractivity contribution < 1.29 is 24.2 Å². The SMILES string of the molecule is CC(C)C[C@H](NC(=O)[C@H](CSCc1ccccc1)NC(=O)OCc1ccccc1)C(=O)O. The van der Waals surface area contributed by atoms with Crippen LogP contribution in [0, 0.1) is 5.92 Å². The lowest BCUT2D eigenvalue weighted by Crippen LogP contribution is -2.53. The van der Waals surface area contributed by atoms with E-state index in [1.54, 1.807) is 0 Å². The van der Waals surface area contributed by atoms with Crippen molar-refractivity contribution in [2.45, 2.75) is 44.7 Å². The van der Waals surface area contributed by atoms with Gasteiger partial charge in [0.1, 0.15) is 18.7 Å². The van der Waals surface area contributed by atoms with Gasteiger partial charge in [-0.25, -0.2) is 9.59 Å². The lowest BCUT2D eigenvalue weighted by molar-refractivity contribution is -0.142. The number of alkyl carbamates (subject to hydrolysis) is 1. The predicted octanol–water partition coefficient (Wildman–Crippen LogP) is 3.83. The summed E-state index contributed by atoms with van der Waals surface area (Å²) in [5.41, 5.74) is 1.91. The first kappa shape index (κ1) is 25.3. The molecule has 0 aromatic heterocycles. The van der Waals surface area contributed by atoms with Crippen molar-refractivity contribution >= 4 is 29.7 Å². The zero-order valence-corrected chi connectivity index (χ0v) is 19.1. The fraction of sp³-hybridized carbons (Fsp3) is 0.375. The zero-order valence-electron chi connectivity index (χ0n) is 18.3. The Morgan fingerprint density at radius 3 is 2.06 bits per heavy atom. The molecule has 2 rings (SSSR count). The van der Waals surface area contributed by atoms with Crippen molar-refractivity contribution in [1.29, 1.82) is 0 Å². The third-order valence-electron chi connectivity index (χ3n) is 4.54. The maximum absolute atomic E-state index is 12.8. The molecule has 0 aliphatic heterocycles. The van der Waals surface area contributed by atoms with Gasteiger partial charge in [0.2, 0.25) is 5.91 Å². The fourth-order valence-electron chi connectivity index (χ4n) is 2.92. The first-order valence-electron chi connectivity index (χ1n) is 10.5. The summed E-state index contributed by atoms with van der Waals surface area (Å²) in [6.07, 6.45) is -0.436. The first-order valence-corrected chi connectivity index (χ1v) is 11.6. The van der Waals surface area contributed by atoms with Gasteiger partial charge in [0.05, 0.1) is 0 Å². The molecule has 7 nitrogen and oxygen atoms in total. The lowest BCUT2D eigenvalue weighted by atomic mass is 10.0. The standard InChI is InChI=1S/C24H30N2O5S/c1-17(2)13-20(23(28)29)25-22(27)21(16-32-15-19-11-7-4-8-12-19)26-24(30)31-14-18-9-5-3-6-10-18/h3-12,17,20-21H,13-16H2,1-2H3,(H,25,27)(H,26,30)(H,28,29)/t20-,21-/m0/s1. The molecule has 0 aliphatic carbocycles. The van der Waals surface area contributed by atoms with E-state index in [1.165, 1.54) is 11.8 Å². The molecule has 32 heavy (non-hydrogen) atoms. The van der Waals surface area contributed by atoms with Crippen LogP contribution in [0.15, 0.2) is 60.7 Å². The molecule has 0 fully saturated rings. The summed E-state index contributed by atoms with van der Waals surface area (Å²) < 4.78 is 5.23. The van der Waals surface area contributed by atoms with E-state index >= 15 is 0 Å². The van der Waals surface area contributed by atoms with Crippen LogP contribution < -0.4 is 10.6 Å². The summed E-state index contributed by atoms with van der Waals surface area (Å²) in [6, 6.07) is 17.0. The predicted molar refractivity (Wildman–Crippen MR) is 125 cm³/mol. The Morgan fingerprint density at radius 2 is 1.50 bits per heavy atom. The third kappa shape index (κ3) is 9.43. The summed E-state index contributed by atoms with van der Waals surface area (Å²) in [4.78, 5) is 36.7.